The first-order valence-electron chi connectivity index (χ1n) is 11.6. The lowest BCUT2D eigenvalue weighted by molar-refractivity contribution is -0.118. The average molecular weight is 428 g/mol. The summed E-state index contributed by atoms with van der Waals surface area (Å²) in [6.07, 6.45) is 4.68. The Kier molecular flexibility index (Phi) is 4.70. The summed E-state index contributed by atoms with van der Waals surface area (Å²) in [5.41, 5.74) is 5.53. The molecule has 3 aliphatic heterocycles. The van der Waals surface area contributed by atoms with Crippen LogP contribution in [0.3, 0.4) is 0 Å². The fourth-order valence-corrected chi connectivity index (χ4v) is 5.77. The summed E-state index contributed by atoms with van der Waals surface area (Å²) in [6.45, 7) is 5.63. The summed E-state index contributed by atoms with van der Waals surface area (Å²) >= 11 is 0. The molecule has 1 atom stereocenters. The Balaban J connectivity index is 1.18. The summed E-state index contributed by atoms with van der Waals surface area (Å²) in [6, 6.07) is 21.3. The molecule has 1 amide bonds. The number of carbonyl (C=O) groups is 1. The number of piperidine rings is 1. The molecule has 0 spiro atoms. The van der Waals surface area contributed by atoms with Crippen molar-refractivity contribution in [2.24, 2.45) is 0 Å². The number of likely N-dealkylation sites (tertiary alicyclic amines) is 1. The molecule has 0 N–H and O–H groups in total. The Hall–Kier alpha value is -2.89. The third kappa shape index (κ3) is 3.19. The summed E-state index contributed by atoms with van der Waals surface area (Å²) in [7, 11) is 0. The fraction of sp³-hybridized carbons (Fsp3) is 0.370. The highest BCUT2D eigenvalue weighted by Gasteiger charge is 2.39. The summed E-state index contributed by atoms with van der Waals surface area (Å²) in [5.74, 6) is 0.249. The van der Waals surface area contributed by atoms with Gasteiger partial charge in [0.2, 0.25) is 5.91 Å². The molecule has 0 bridgehead atoms. The molecule has 3 aromatic rings. The molecule has 1 aromatic heterocycles. The quantitative estimate of drug-likeness (QED) is 0.626. The molecular weight excluding hydrogens is 398 g/mol. The Morgan fingerprint density at radius 3 is 2.47 bits per heavy atom. The number of ether oxygens (including phenoxy) is 1. The Morgan fingerprint density at radius 1 is 0.938 bits per heavy atom. The minimum atomic E-state index is -0.384. The van der Waals surface area contributed by atoms with Crippen molar-refractivity contribution >= 4 is 11.6 Å². The number of carbonyl (C=O) groups excluding carboxylic acids is 1. The molecule has 4 heterocycles. The number of benzene rings is 2. The van der Waals surface area contributed by atoms with Gasteiger partial charge < -0.3 is 14.2 Å². The Bertz CT molecular complexity index is 1160. The lowest BCUT2D eigenvalue weighted by Crippen LogP contribution is -2.50. The van der Waals surface area contributed by atoms with E-state index in [9.17, 15) is 4.79 Å². The number of amides is 1. The van der Waals surface area contributed by atoms with Crippen LogP contribution in [0.4, 0.5) is 5.69 Å². The maximum atomic E-state index is 12.7. The van der Waals surface area contributed by atoms with E-state index in [4.69, 9.17) is 4.74 Å². The number of aromatic nitrogens is 1. The van der Waals surface area contributed by atoms with Gasteiger partial charge in [0.05, 0.1) is 24.4 Å². The Labute approximate surface area is 189 Å². The van der Waals surface area contributed by atoms with Crippen molar-refractivity contribution in [3.8, 4) is 5.69 Å². The lowest BCUT2D eigenvalue weighted by Gasteiger charge is -2.41. The topological polar surface area (TPSA) is 37.7 Å². The number of para-hydroxylation sites is 2. The molecular formula is C27H29N3O2. The summed E-state index contributed by atoms with van der Waals surface area (Å²) in [4.78, 5) is 17.3. The van der Waals surface area contributed by atoms with E-state index in [2.05, 4.69) is 76.0 Å². The zero-order chi connectivity index (χ0) is 21.7. The molecule has 1 unspecified atom stereocenters. The molecule has 2 aromatic carbocycles. The predicted molar refractivity (Wildman–Crippen MR) is 125 cm³/mol. The van der Waals surface area contributed by atoms with Gasteiger partial charge >= 0.3 is 0 Å². The van der Waals surface area contributed by atoms with Gasteiger partial charge in [-0.1, -0.05) is 36.4 Å². The van der Waals surface area contributed by atoms with Crippen LogP contribution < -0.4 is 4.90 Å². The van der Waals surface area contributed by atoms with Gasteiger partial charge in [-0.15, -0.1) is 0 Å². The van der Waals surface area contributed by atoms with Crippen LogP contribution in [-0.4, -0.2) is 41.1 Å². The monoisotopic (exact) mass is 427 g/mol. The van der Waals surface area contributed by atoms with Crippen LogP contribution in [0.25, 0.3) is 5.69 Å². The third-order valence-electron chi connectivity index (χ3n) is 7.40. The molecule has 5 nitrogen and oxygen atoms in total. The van der Waals surface area contributed by atoms with Crippen molar-refractivity contribution in [1.82, 2.24) is 9.47 Å². The van der Waals surface area contributed by atoms with Crippen molar-refractivity contribution in [2.45, 2.75) is 44.4 Å². The van der Waals surface area contributed by atoms with Gasteiger partial charge in [-0.3, -0.25) is 9.69 Å². The minimum Gasteiger partial charge on any atom is -0.363 e. The van der Waals surface area contributed by atoms with Gasteiger partial charge in [0.25, 0.3) is 0 Å². The van der Waals surface area contributed by atoms with Gasteiger partial charge in [-0.2, -0.15) is 0 Å². The fourth-order valence-electron chi connectivity index (χ4n) is 5.77. The molecule has 164 valence electrons. The number of hydrogen-bond donors (Lipinski definition) is 0. The molecule has 32 heavy (non-hydrogen) atoms. The highest BCUT2D eigenvalue weighted by molar-refractivity contribution is 6.01. The van der Waals surface area contributed by atoms with E-state index in [1.54, 1.807) is 0 Å². The van der Waals surface area contributed by atoms with Crippen LogP contribution in [0.15, 0.2) is 66.9 Å². The lowest BCUT2D eigenvalue weighted by atomic mass is 9.97. The number of nitrogens with zero attached hydrogens (tertiary/aromatic N) is 3. The summed E-state index contributed by atoms with van der Waals surface area (Å²) in [5, 5.41) is 0. The van der Waals surface area contributed by atoms with Gasteiger partial charge in [0, 0.05) is 43.1 Å². The van der Waals surface area contributed by atoms with Crippen molar-refractivity contribution < 1.29 is 9.53 Å². The van der Waals surface area contributed by atoms with Crippen LogP contribution >= 0.6 is 0 Å². The van der Waals surface area contributed by atoms with Gasteiger partial charge in [0.15, 0.2) is 0 Å². The van der Waals surface area contributed by atoms with Crippen molar-refractivity contribution in [1.29, 1.82) is 0 Å². The normalized spacial score (nSPS) is 23.5. The van der Waals surface area contributed by atoms with Crippen LogP contribution in [-0.2, 0) is 28.2 Å². The second-order valence-electron chi connectivity index (χ2n) is 9.49. The zero-order valence-electron chi connectivity index (χ0n) is 18.5. The van der Waals surface area contributed by atoms with Gasteiger partial charge in [-0.05, 0) is 49.6 Å². The van der Waals surface area contributed by atoms with Crippen LogP contribution in [0, 0.1) is 0 Å². The van der Waals surface area contributed by atoms with E-state index in [1.165, 1.54) is 22.5 Å². The highest BCUT2D eigenvalue weighted by atomic mass is 16.5. The molecule has 0 aliphatic carbocycles. The second-order valence-corrected chi connectivity index (χ2v) is 9.49. The smallest absolute Gasteiger partial charge is 0.231 e. The average Bonchev–Trinajstić information content (AvgIpc) is 3.41. The largest absolute Gasteiger partial charge is 0.363 e. The molecule has 1 fully saturated rings. The number of rotatable bonds is 3. The molecule has 5 heteroatoms. The van der Waals surface area contributed by atoms with E-state index < -0.39 is 0 Å². The first-order chi connectivity index (χ1) is 15.6. The second kappa shape index (κ2) is 7.61. The van der Waals surface area contributed by atoms with Gasteiger partial charge in [0.1, 0.15) is 5.60 Å². The molecule has 1 saturated heterocycles. The van der Waals surface area contributed by atoms with E-state index in [1.807, 2.05) is 12.1 Å². The van der Waals surface area contributed by atoms with E-state index in [0.717, 1.165) is 38.2 Å². The number of hydrogen-bond acceptors (Lipinski definition) is 3. The van der Waals surface area contributed by atoms with Crippen LogP contribution in [0.1, 0.15) is 36.6 Å². The molecule has 0 radical (unpaired) electrons. The predicted octanol–water partition coefficient (Wildman–Crippen LogP) is 4.28. The van der Waals surface area contributed by atoms with Crippen molar-refractivity contribution in [3.05, 3.63) is 83.7 Å². The molecule has 3 aliphatic rings. The zero-order valence-corrected chi connectivity index (χ0v) is 18.5. The number of anilines is 1. The van der Waals surface area contributed by atoms with E-state index in [0.29, 0.717) is 19.1 Å². The summed E-state index contributed by atoms with van der Waals surface area (Å²) < 4.78 is 8.85. The maximum absolute atomic E-state index is 12.7. The maximum Gasteiger partial charge on any atom is 0.231 e. The minimum absolute atomic E-state index is 0.249. The van der Waals surface area contributed by atoms with E-state index >= 15 is 0 Å². The van der Waals surface area contributed by atoms with Crippen molar-refractivity contribution in [3.63, 3.8) is 0 Å². The van der Waals surface area contributed by atoms with Crippen molar-refractivity contribution in [2.75, 3.05) is 24.5 Å². The van der Waals surface area contributed by atoms with Crippen LogP contribution in [0.2, 0.25) is 0 Å². The highest BCUT2D eigenvalue weighted by Crippen LogP contribution is 2.37. The standard InChI is InChI=1S/C27H29N3O2/c1-27(25-11-6-14-29(25)23-9-4-3-8-21(23)18-32-27)19-28-15-12-22(13-16-28)30-24-10-5-2-7-20(24)17-26(30)31/h2-11,14,22H,12-13,15-19H2,1H3. The Morgan fingerprint density at radius 2 is 1.66 bits per heavy atom. The van der Waals surface area contributed by atoms with Crippen LogP contribution in [0.5, 0.6) is 0 Å². The third-order valence-corrected chi connectivity index (χ3v) is 7.40. The molecule has 0 saturated carbocycles. The SMILES string of the molecule is CC1(CN2CCC(N3C(=O)Cc4ccccc43)CC2)OCc2ccccc2-n2cccc21. The first kappa shape index (κ1) is 19.8. The first-order valence-corrected chi connectivity index (χ1v) is 11.6. The van der Waals surface area contributed by atoms with E-state index in [-0.39, 0.29) is 11.5 Å². The van der Waals surface area contributed by atoms with Gasteiger partial charge in [-0.25, -0.2) is 0 Å². The molecule has 6 rings (SSSR count). The number of fused-ring (bicyclic) bond motifs is 4.